The van der Waals surface area contributed by atoms with Crippen molar-refractivity contribution in [1.29, 1.82) is 5.26 Å². The molecule has 0 aliphatic carbocycles. The van der Waals surface area contributed by atoms with E-state index >= 15 is 0 Å². The van der Waals surface area contributed by atoms with Crippen molar-refractivity contribution in [3.05, 3.63) is 47.7 Å². The molecule has 0 saturated carbocycles. The number of hydrogen-bond acceptors (Lipinski definition) is 5. The monoisotopic (exact) mass is 382 g/mol. The zero-order valence-corrected chi connectivity index (χ0v) is 16.5. The van der Waals surface area contributed by atoms with Crippen LogP contribution >= 0.6 is 0 Å². The lowest BCUT2D eigenvalue weighted by molar-refractivity contribution is -0.117. The minimum absolute atomic E-state index is 0.198. The Labute approximate surface area is 167 Å². The molecule has 150 valence electrons. The van der Waals surface area contributed by atoms with Crippen molar-refractivity contribution in [2.24, 2.45) is 5.92 Å². The zero-order valence-electron chi connectivity index (χ0n) is 16.5. The molecule has 0 bridgehead atoms. The number of likely N-dealkylation sites (tertiary alicyclic amines) is 1. The molecule has 2 aliphatic heterocycles. The van der Waals surface area contributed by atoms with Gasteiger partial charge in [0.15, 0.2) is 0 Å². The van der Waals surface area contributed by atoms with Crippen molar-refractivity contribution in [2.75, 3.05) is 52.5 Å². The summed E-state index contributed by atoms with van der Waals surface area (Å²) in [4.78, 5) is 16.7. The Kier molecular flexibility index (Phi) is 7.89. The van der Waals surface area contributed by atoms with Gasteiger partial charge in [-0.2, -0.15) is 5.26 Å². The first-order chi connectivity index (χ1) is 13.7. The first-order valence-electron chi connectivity index (χ1n) is 10.2. The summed E-state index contributed by atoms with van der Waals surface area (Å²) in [6, 6.07) is 12.6. The van der Waals surface area contributed by atoms with E-state index in [-0.39, 0.29) is 11.5 Å². The van der Waals surface area contributed by atoms with E-state index in [1.165, 1.54) is 5.56 Å². The molecule has 0 unspecified atom stereocenters. The second-order valence-corrected chi connectivity index (χ2v) is 7.53. The molecule has 1 aromatic carbocycles. The standard InChI is InChI=1S/C22H30N4O2/c23-17-21(22(27)24-8-11-25-12-14-28-15-13-25)18-26-9-6-20(7-10-26)16-19-4-2-1-3-5-19/h1-5,18,20H,6-16H2,(H,24,27)/b21-18-. The molecule has 2 heterocycles. The van der Waals surface area contributed by atoms with Gasteiger partial charge in [0, 0.05) is 45.5 Å². The van der Waals surface area contributed by atoms with Gasteiger partial charge in [0.2, 0.25) is 0 Å². The fraction of sp³-hybridized carbons (Fsp3) is 0.545. The fourth-order valence-electron chi connectivity index (χ4n) is 3.80. The summed E-state index contributed by atoms with van der Waals surface area (Å²) < 4.78 is 5.32. The minimum Gasteiger partial charge on any atom is -0.379 e. The summed E-state index contributed by atoms with van der Waals surface area (Å²) >= 11 is 0. The predicted molar refractivity (Wildman–Crippen MR) is 108 cm³/mol. The largest absolute Gasteiger partial charge is 0.379 e. The molecule has 1 amide bonds. The maximum atomic E-state index is 12.3. The van der Waals surface area contributed by atoms with E-state index in [0.29, 0.717) is 12.5 Å². The highest BCUT2D eigenvalue weighted by atomic mass is 16.5. The van der Waals surface area contributed by atoms with Crippen LogP contribution in [0.15, 0.2) is 42.1 Å². The topological polar surface area (TPSA) is 68.6 Å². The van der Waals surface area contributed by atoms with Gasteiger partial charge in [0.25, 0.3) is 5.91 Å². The summed E-state index contributed by atoms with van der Waals surface area (Å²) in [6.45, 7) is 6.42. The average molecular weight is 383 g/mol. The molecule has 1 N–H and O–H groups in total. The van der Waals surface area contributed by atoms with E-state index in [1.807, 2.05) is 6.07 Å². The number of nitrogens with zero attached hydrogens (tertiary/aromatic N) is 3. The Morgan fingerprint density at radius 2 is 1.89 bits per heavy atom. The maximum absolute atomic E-state index is 12.3. The van der Waals surface area contributed by atoms with E-state index < -0.39 is 0 Å². The van der Waals surface area contributed by atoms with Crippen LogP contribution in [0.3, 0.4) is 0 Å². The summed E-state index contributed by atoms with van der Waals surface area (Å²) in [5.41, 5.74) is 1.58. The molecule has 6 nitrogen and oxygen atoms in total. The van der Waals surface area contributed by atoms with Gasteiger partial charge >= 0.3 is 0 Å². The molecule has 0 spiro atoms. The van der Waals surface area contributed by atoms with E-state index in [4.69, 9.17) is 4.74 Å². The van der Waals surface area contributed by atoms with Crippen LogP contribution in [0.1, 0.15) is 18.4 Å². The fourth-order valence-corrected chi connectivity index (χ4v) is 3.80. The quantitative estimate of drug-likeness (QED) is 0.575. The number of rotatable bonds is 7. The number of hydrogen-bond donors (Lipinski definition) is 1. The van der Waals surface area contributed by atoms with Crippen molar-refractivity contribution >= 4 is 5.91 Å². The number of nitriles is 1. The first-order valence-corrected chi connectivity index (χ1v) is 10.2. The molecule has 0 radical (unpaired) electrons. The number of carbonyl (C=O) groups excluding carboxylic acids is 1. The van der Waals surface area contributed by atoms with Crippen molar-refractivity contribution < 1.29 is 9.53 Å². The normalized spacial score (nSPS) is 19.2. The molecule has 2 aliphatic rings. The van der Waals surface area contributed by atoms with Gasteiger partial charge in [-0.1, -0.05) is 30.3 Å². The third kappa shape index (κ3) is 6.36. The van der Waals surface area contributed by atoms with Gasteiger partial charge in [-0.3, -0.25) is 9.69 Å². The third-order valence-corrected chi connectivity index (χ3v) is 5.51. The lowest BCUT2D eigenvalue weighted by Crippen LogP contribution is -2.41. The van der Waals surface area contributed by atoms with Crippen molar-refractivity contribution in [2.45, 2.75) is 19.3 Å². The van der Waals surface area contributed by atoms with Crippen LogP contribution in [0.4, 0.5) is 0 Å². The number of benzene rings is 1. The van der Waals surface area contributed by atoms with Crippen molar-refractivity contribution in [3.8, 4) is 6.07 Å². The lowest BCUT2D eigenvalue weighted by Gasteiger charge is -2.31. The smallest absolute Gasteiger partial charge is 0.263 e. The van der Waals surface area contributed by atoms with E-state index in [2.05, 4.69) is 45.5 Å². The SMILES string of the molecule is N#C/C(=C/N1CCC(Cc2ccccc2)CC1)C(=O)NCCN1CCOCC1. The Morgan fingerprint density at radius 1 is 1.18 bits per heavy atom. The lowest BCUT2D eigenvalue weighted by atomic mass is 9.90. The third-order valence-electron chi connectivity index (χ3n) is 5.51. The number of nitrogens with one attached hydrogen (secondary N) is 1. The number of amides is 1. The molecule has 1 aromatic rings. The van der Waals surface area contributed by atoms with Gasteiger partial charge in [0.05, 0.1) is 13.2 Å². The van der Waals surface area contributed by atoms with E-state index in [9.17, 15) is 10.1 Å². The molecule has 3 rings (SSSR count). The predicted octanol–water partition coefficient (Wildman–Crippen LogP) is 1.80. The highest BCUT2D eigenvalue weighted by Gasteiger charge is 2.19. The second-order valence-electron chi connectivity index (χ2n) is 7.53. The Morgan fingerprint density at radius 3 is 2.57 bits per heavy atom. The molecular formula is C22H30N4O2. The minimum atomic E-state index is -0.276. The molecule has 2 saturated heterocycles. The van der Waals surface area contributed by atoms with Crippen molar-refractivity contribution in [1.82, 2.24) is 15.1 Å². The van der Waals surface area contributed by atoms with Crippen LogP contribution < -0.4 is 5.32 Å². The number of carbonyl (C=O) groups is 1. The first kappa shape index (κ1) is 20.4. The van der Waals surface area contributed by atoms with E-state index in [0.717, 1.165) is 65.2 Å². The van der Waals surface area contributed by atoms with Crippen LogP contribution in [-0.2, 0) is 16.0 Å². The molecule has 6 heteroatoms. The van der Waals surface area contributed by atoms with Gasteiger partial charge in [0.1, 0.15) is 11.6 Å². The van der Waals surface area contributed by atoms with Gasteiger partial charge in [-0.25, -0.2) is 0 Å². The summed E-state index contributed by atoms with van der Waals surface area (Å²) in [6.07, 6.45) is 5.01. The Balaban J connectivity index is 1.41. The highest BCUT2D eigenvalue weighted by Crippen LogP contribution is 2.22. The van der Waals surface area contributed by atoms with E-state index in [1.54, 1.807) is 6.20 Å². The number of morpholine rings is 1. The van der Waals surface area contributed by atoms with Crippen LogP contribution in [-0.4, -0.2) is 68.2 Å². The van der Waals surface area contributed by atoms with Crippen LogP contribution in [0, 0.1) is 17.2 Å². The molecule has 28 heavy (non-hydrogen) atoms. The highest BCUT2D eigenvalue weighted by molar-refractivity contribution is 5.97. The van der Waals surface area contributed by atoms with Crippen LogP contribution in [0.2, 0.25) is 0 Å². The number of ether oxygens (including phenoxy) is 1. The number of piperidine rings is 1. The van der Waals surface area contributed by atoms with Crippen LogP contribution in [0.5, 0.6) is 0 Å². The zero-order chi connectivity index (χ0) is 19.6. The van der Waals surface area contributed by atoms with Gasteiger partial charge < -0.3 is 15.0 Å². The van der Waals surface area contributed by atoms with Crippen molar-refractivity contribution in [3.63, 3.8) is 0 Å². The summed E-state index contributed by atoms with van der Waals surface area (Å²) in [7, 11) is 0. The molecule has 0 atom stereocenters. The summed E-state index contributed by atoms with van der Waals surface area (Å²) in [5.74, 6) is 0.391. The van der Waals surface area contributed by atoms with Crippen LogP contribution in [0.25, 0.3) is 0 Å². The van der Waals surface area contributed by atoms with Gasteiger partial charge in [-0.05, 0) is 30.7 Å². The maximum Gasteiger partial charge on any atom is 0.263 e. The second kappa shape index (κ2) is 10.8. The Hall–Kier alpha value is -2.36. The van der Waals surface area contributed by atoms with Gasteiger partial charge in [-0.15, -0.1) is 0 Å². The summed E-state index contributed by atoms with van der Waals surface area (Å²) in [5, 5.41) is 12.3. The molecule has 2 fully saturated rings. The Bertz CT molecular complexity index is 684. The molecule has 0 aromatic heterocycles. The average Bonchev–Trinajstić information content (AvgIpc) is 2.74. The molecular weight excluding hydrogens is 352 g/mol.